The van der Waals surface area contributed by atoms with Gasteiger partial charge in [-0.3, -0.25) is 14.5 Å². The lowest BCUT2D eigenvalue weighted by Gasteiger charge is -2.25. The number of amides is 1. The molecule has 2 heterocycles. The molecule has 1 N–H and O–H groups in total. The summed E-state index contributed by atoms with van der Waals surface area (Å²) in [6.45, 7) is 7.72. The van der Waals surface area contributed by atoms with E-state index in [-0.39, 0.29) is 11.3 Å². The number of hydrogen-bond acceptors (Lipinski definition) is 4. The molecule has 5 nitrogen and oxygen atoms in total. The van der Waals surface area contributed by atoms with Crippen LogP contribution in [0.3, 0.4) is 0 Å². The third-order valence-corrected chi connectivity index (χ3v) is 5.66. The predicted molar refractivity (Wildman–Crippen MR) is 115 cm³/mol. The van der Waals surface area contributed by atoms with Gasteiger partial charge in [0.25, 0.3) is 11.7 Å². The van der Waals surface area contributed by atoms with Gasteiger partial charge in [-0.15, -0.1) is 0 Å². The van der Waals surface area contributed by atoms with Crippen molar-refractivity contribution in [3.63, 3.8) is 0 Å². The van der Waals surface area contributed by atoms with Crippen LogP contribution in [0.1, 0.15) is 39.6 Å². The van der Waals surface area contributed by atoms with Crippen LogP contribution < -0.4 is 4.90 Å². The summed E-state index contributed by atoms with van der Waals surface area (Å²) in [7, 11) is 0. The van der Waals surface area contributed by atoms with Crippen LogP contribution >= 0.6 is 0 Å². The van der Waals surface area contributed by atoms with Crippen LogP contribution in [-0.4, -0.2) is 16.8 Å². The van der Waals surface area contributed by atoms with Gasteiger partial charge in [-0.2, -0.15) is 0 Å². The van der Waals surface area contributed by atoms with Gasteiger partial charge in [0.2, 0.25) is 0 Å². The minimum Gasteiger partial charge on any atom is -0.507 e. The molecule has 152 valence electrons. The van der Waals surface area contributed by atoms with Gasteiger partial charge in [0.05, 0.1) is 11.8 Å². The second-order valence-electron chi connectivity index (χ2n) is 7.77. The molecule has 5 heteroatoms. The van der Waals surface area contributed by atoms with Gasteiger partial charge < -0.3 is 9.52 Å². The Kier molecular flexibility index (Phi) is 4.82. The van der Waals surface area contributed by atoms with Crippen molar-refractivity contribution < 1.29 is 19.1 Å². The zero-order chi connectivity index (χ0) is 21.6. The molecular weight excluding hydrogens is 378 g/mol. The van der Waals surface area contributed by atoms with Crippen LogP contribution in [0.25, 0.3) is 5.76 Å². The lowest BCUT2D eigenvalue weighted by molar-refractivity contribution is -0.132. The molecule has 1 aliphatic heterocycles. The van der Waals surface area contributed by atoms with E-state index in [1.165, 1.54) is 11.2 Å². The lowest BCUT2D eigenvalue weighted by atomic mass is 9.97. The van der Waals surface area contributed by atoms with Crippen LogP contribution in [0.2, 0.25) is 0 Å². The Morgan fingerprint density at radius 2 is 1.67 bits per heavy atom. The van der Waals surface area contributed by atoms with E-state index in [4.69, 9.17) is 4.42 Å². The van der Waals surface area contributed by atoms with Crippen molar-refractivity contribution in [2.45, 2.75) is 33.7 Å². The number of carbonyl (C=O) groups is 2. The van der Waals surface area contributed by atoms with E-state index in [1.54, 1.807) is 18.2 Å². The number of nitrogens with zero attached hydrogens (tertiary/aromatic N) is 1. The molecule has 1 fully saturated rings. The summed E-state index contributed by atoms with van der Waals surface area (Å²) in [5.41, 5.74) is 5.02. The molecule has 0 radical (unpaired) electrons. The highest BCUT2D eigenvalue weighted by Gasteiger charge is 2.48. The summed E-state index contributed by atoms with van der Waals surface area (Å²) in [4.78, 5) is 27.7. The topological polar surface area (TPSA) is 70.8 Å². The molecular formula is C25H23NO4. The van der Waals surface area contributed by atoms with Gasteiger partial charge in [0.1, 0.15) is 17.6 Å². The molecule has 1 amide bonds. The van der Waals surface area contributed by atoms with E-state index in [9.17, 15) is 14.7 Å². The largest absolute Gasteiger partial charge is 0.507 e. The van der Waals surface area contributed by atoms with Crippen molar-refractivity contribution in [2.24, 2.45) is 0 Å². The fourth-order valence-electron chi connectivity index (χ4n) is 3.82. The van der Waals surface area contributed by atoms with Crippen molar-refractivity contribution in [1.82, 2.24) is 0 Å². The van der Waals surface area contributed by atoms with Crippen molar-refractivity contribution in [2.75, 3.05) is 4.90 Å². The minimum atomic E-state index is -0.845. The highest BCUT2D eigenvalue weighted by molar-refractivity contribution is 6.51. The number of carbonyl (C=O) groups excluding carboxylic acids is 2. The van der Waals surface area contributed by atoms with Crippen LogP contribution in [0.4, 0.5) is 5.69 Å². The number of furan rings is 1. The summed E-state index contributed by atoms with van der Waals surface area (Å²) in [6, 6.07) is 13.7. The minimum absolute atomic E-state index is 0.0270. The monoisotopic (exact) mass is 401 g/mol. The van der Waals surface area contributed by atoms with E-state index in [0.29, 0.717) is 17.0 Å². The predicted octanol–water partition coefficient (Wildman–Crippen LogP) is 5.14. The molecule has 0 spiro atoms. The standard InChI is InChI=1S/C25H23NO4/c1-14-7-8-16(3)19(12-14)26-22(20-6-5-11-30-20)21(24(28)25(26)29)23(27)18-10-9-15(2)17(4)13-18/h5-13,22,27H,1-4H3/b23-21-. The number of aliphatic hydroxyl groups excluding tert-OH is 1. The lowest BCUT2D eigenvalue weighted by Crippen LogP contribution is -2.30. The first kappa shape index (κ1) is 19.7. The highest BCUT2D eigenvalue weighted by atomic mass is 16.3. The first-order valence-corrected chi connectivity index (χ1v) is 9.79. The van der Waals surface area contributed by atoms with Gasteiger partial charge in [-0.05, 0) is 74.2 Å². The van der Waals surface area contributed by atoms with Gasteiger partial charge in [-0.25, -0.2) is 0 Å². The Labute approximate surface area is 175 Å². The second-order valence-corrected chi connectivity index (χ2v) is 7.77. The molecule has 0 saturated carbocycles. The molecule has 1 aliphatic rings. The maximum atomic E-state index is 13.1. The zero-order valence-corrected chi connectivity index (χ0v) is 17.4. The smallest absolute Gasteiger partial charge is 0.300 e. The van der Waals surface area contributed by atoms with Crippen LogP contribution in [0.15, 0.2) is 64.8 Å². The Hall–Kier alpha value is -3.60. The van der Waals surface area contributed by atoms with E-state index in [0.717, 1.165) is 22.3 Å². The number of rotatable bonds is 3. The molecule has 1 atom stereocenters. The van der Waals surface area contributed by atoms with Crippen LogP contribution in [0, 0.1) is 27.7 Å². The van der Waals surface area contributed by atoms with Gasteiger partial charge in [0.15, 0.2) is 0 Å². The second kappa shape index (κ2) is 7.34. The summed E-state index contributed by atoms with van der Waals surface area (Å²) in [5.74, 6) is -1.20. The van der Waals surface area contributed by atoms with Crippen molar-refractivity contribution in [1.29, 1.82) is 0 Å². The summed E-state index contributed by atoms with van der Waals surface area (Å²) in [5, 5.41) is 11.1. The van der Waals surface area contributed by atoms with Crippen molar-refractivity contribution in [3.05, 3.63) is 93.9 Å². The Morgan fingerprint density at radius 1 is 0.933 bits per heavy atom. The molecule has 1 aromatic heterocycles. The number of aryl methyl sites for hydroxylation is 4. The van der Waals surface area contributed by atoms with Crippen LogP contribution in [-0.2, 0) is 9.59 Å². The Balaban J connectivity index is 1.96. The van der Waals surface area contributed by atoms with E-state index >= 15 is 0 Å². The van der Waals surface area contributed by atoms with Crippen LogP contribution in [0.5, 0.6) is 0 Å². The molecule has 1 unspecified atom stereocenters. The molecule has 0 aliphatic carbocycles. The molecule has 3 aromatic rings. The third kappa shape index (κ3) is 3.12. The number of Topliss-reactive ketones (excluding diaryl/α,β-unsaturated/α-hetero) is 1. The van der Waals surface area contributed by atoms with E-state index in [2.05, 4.69) is 0 Å². The first-order valence-electron chi connectivity index (χ1n) is 9.79. The average molecular weight is 401 g/mol. The van der Waals surface area contributed by atoms with Gasteiger partial charge in [0, 0.05) is 11.3 Å². The summed E-state index contributed by atoms with van der Waals surface area (Å²) >= 11 is 0. The Bertz CT molecular complexity index is 1190. The highest BCUT2D eigenvalue weighted by Crippen LogP contribution is 2.43. The van der Waals surface area contributed by atoms with Gasteiger partial charge >= 0.3 is 0 Å². The fourth-order valence-corrected chi connectivity index (χ4v) is 3.82. The molecule has 4 rings (SSSR count). The normalized spacial score (nSPS) is 18.3. The summed E-state index contributed by atoms with van der Waals surface area (Å²) < 4.78 is 5.60. The summed E-state index contributed by atoms with van der Waals surface area (Å²) in [6.07, 6.45) is 1.49. The average Bonchev–Trinajstić information content (AvgIpc) is 3.33. The first-order chi connectivity index (χ1) is 14.3. The maximum Gasteiger partial charge on any atom is 0.300 e. The third-order valence-electron chi connectivity index (χ3n) is 5.66. The SMILES string of the molecule is Cc1ccc(C)c(N2C(=O)C(=O)/C(=C(\O)c3ccc(C)c(C)c3)C2c2ccco2)c1. The number of anilines is 1. The zero-order valence-electron chi connectivity index (χ0n) is 17.4. The number of ketones is 1. The van der Waals surface area contributed by atoms with Crippen molar-refractivity contribution >= 4 is 23.1 Å². The quantitative estimate of drug-likeness (QED) is 0.375. The fraction of sp³-hybridized carbons (Fsp3) is 0.200. The Morgan fingerprint density at radius 3 is 2.33 bits per heavy atom. The maximum absolute atomic E-state index is 13.1. The number of hydrogen-bond donors (Lipinski definition) is 1. The number of benzene rings is 2. The van der Waals surface area contributed by atoms with E-state index < -0.39 is 17.7 Å². The molecule has 0 bridgehead atoms. The number of aliphatic hydroxyl groups is 1. The molecule has 2 aromatic carbocycles. The van der Waals surface area contributed by atoms with E-state index in [1.807, 2.05) is 58.0 Å². The van der Waals surface area contributed by atoms with Crippen molar-refractivity contribution in [3.8, 4) is 0 Å². The molecule has 30 heavy (non-hydrogen) atoms. The molecule has 1 saturated heterocycles. The van der Waals surface area contributed by atoms with Gasteiger partial charge in [-0.1, -0.05) is 24.3 Å².